The van der Waals surface area contributed by atoms with Crippen LogP contribution in [0.1, 0.15) is 45.5 Å². The van der Waals surface area contributed by atoms with Crippen molar-refractivity contribution in [3.8, 4) is 0 Å². The minimum atomic E-state index is -0.650. The number of hydrogen-bond donors (Lipinski definition) is 1. The third kappa shape index (κ3) is 5.69. The molecular formula is C28H31N3O7. The summed E-state index contributed by atoms with van der Waals surface area (Å²) >= 11 is 0. The zero-order valence-corrected chi connectivity index (χ0v) is 21.7. The number of amides is 3. The van der Waals surface area contributed by atoms with E-state index in [-0.39, 0.29) is 46.9 Å². The van der Waals surface area contributed by atoms with Crippen LogP contribution in [0.2, 0.25) is 0 Å². The second kappa shape index (κ2) is 11.5. The first-order valence-corrected chi connectivity index (χ1v) is 12.5. The third-order valence-corrected chi connectivity index (χ3v) is 7.10. The van der Waals surface area contributed by atoms with Crippen molar-refractivity contribution < 1.29 is 33.4 Å². The number of carbonyl (C=O) groups excluding carboxylic acids is 5. The summed E-state index contributed by atoms with van der Waals surface area (Å²) in [7, 11) is 2.47. The monoisotopic (exact) mass is 521 g/mol. The van der Waals surface area contributed by atoms with Crippen LogP contribution in [-0.4, -0.2) is 68.4 Å². The van der Waals surface area contributed by atoms with Crippen LogP contribution in [0.15, 0.2) is 42.5 Å². The molecule has 2 aliphatic rings. The number of nitrogens with one attached hydrogen (secondary N) is 1. The van der Waals surface area contributed by atoms with Crippen molar-refractivity contribution in [2.45, 2.75) is 26.2 Å². The van der Waals surface area contributed by atoms with Gasteiger partial charge < -0.3 is 24.6 Å². The molecule has 0 aromatic heterocycles. The molecule has 0 spiro atoms. The van der Waals surface area contributed by atoms with Crippen LogP contribution in [-0.2, 0) is 23.9 Å². The lowest BCUT2D eigenvalue weighted by atomic mass is 9.94. The van der Waals surface area contributed by atoms with E-state index in [0.29, 0.717) is 32.5 Å². The van der Waals surface area contributed by atoms with E-state index in [0.717, 1.165) is 11.3 Å². The number of likely N-dealkylation sites (tertiary alicyclic amines) is 1. The summed E-state index contributed by atoms with van der Waals surface area (Å²) in [5, 5.41) is 2.75. The van der Waals surface area contributed by atoms with Gasteiger partial charge >= 0.3 is 11.9 Å². The maximum absolute atomic E-state index is 13.2. The number of piperidine rings is 1. The number of benzene rings is 2. The van der Waals surface area contributed by atoms with E-state index in [1.165, 1.54) is 32.4 Å². The van der Waals surface area contributed by atoms with Gasteiger partial charge in [-0.05, 0) is 50.1 Å². The molecule has 0 radical (unpaired) electrons. The Hall–Kier alpha value is -4.21. The molecule has 0 saturated carbocycles. The van der Waals surface area contributed by atoms with E-state index in [9.17, 15) is 24.0 Å². The van der Waals surface area contributed by atoms with Gasteiger partial charge in [0.05, 0.1) is 37.0 Å². The van der Waals surface area contributed by atoms with Gasteiger partial charge in [0, 0.05) is 37.7 Å². The van der Waals surface area contributed by atoms with Gasteiger partial charge in [-0.25, -0.2) is 9.59 Å². The summed E-state index contributed by atoms with van der Waals surface area (Å²) in [6.45, 7) is 3.09. The topological polar surface area (TPSA) is 122 Å². The average Bonchev–Trinajstić information content (AvgIpc) is 3.33. The fourth-order valence-electron chi connectivity index (χ4n) is 4.88. The van der Waals surface area contributed by atoms with Gasteiger partial charge in [0.2, 0.25) is 17.7 Å². The van der Waals surface area contributed by atoms with Crippen LogP contribution in [0.25, 0.3) is 0 Å². The SMILES string of the molecule is COC(=O)c1ccc(C(=O)OC)c(NC(=O)C2CCN(C(=O)C3CC(=O)N(c4ccc(C)cc4)C3)CC2)c1. The molecular weight excluding hydrogens is 490 g/mol. The number of ether oxygens (including phenoxy) is 2. The second-order valence-corrected chi connectivity index (χ2v) is 9.57. The van der Waals surface area contributed by atoms with E-state index in [2.05, 4.69) is 5.32 Å². The van der Waals surface area contributed by atoms with Crippen molar-refractivity contribution in [2.24, 2.45) is 11.8 Å². The van der Waals surface area contributed by atoms with E-state index in [1.54, 1.807) is 9.80 Å². The summed E-state index contributed by atoms with van der Waals surface area (Å²) in [4.78, 5) is 66.3. The summed E-state index contributed by atoms with van der Waals surface area (Å²) in [5.74, 6) is -2.52. The van der Waals surface area contributed by atoms with E-state index in [4.69, 9.17) is 9.47 Å². The van der Waals surface area contributed by atoms with E-state index >= 15 is 0 Å². The molecule has 2 fully saturated rings. The average molecular weight is 522 g/mol. The zero-order valence-electron chi connectivity index (χ0n) is 21.7. The van der Waals surface area contributed by atoms with Gasteiger partial charge in [-0.15, -0.1) is 0 Å². The van der Waals surface area contributed by atoms with Crippen LogP contribution >= 0.6 is 0 Å². The number of anilines is 2. The number of esters is 2. The van der Waals surface area contributed by atoms with Gasteiger partial charge in [-0.1, -0.05) is 17.7 Å². The van der Waals surface area contributed by atoms with Crippen LogP contribution in [0.4, 0.5) is 11.4 Å². The lowest BCUT2D eigenvalue weighted by Crippen LogP contribution is -2.44. The van der Waals surface area contributed by atoms with Gasteiger partial charge in [-0.3, -0.25) is 14.4 Å². The lowest BCUT2D eigenvalue weighted by Gasteiger charge is -2.33. The molecule has 10 heteroatoms. The summed E-state index contributed by atoms with van der Waals surface area (Å²) < 4.78 is 9.52. The molecule has 4 rings (SSSR count). The normalized spacial score (nSPS) is 17.8. The molecule has 0 bridgehead atoms. The quantitative estimate of drug-likeness (QED) is 0.580. The molecule has 2 aliphatic heterocycles. The second-order valence-electron chi connectivity index (χ2n) is 9.57. The van der Waals surface area contributed by atoms with Crippen molar-refractivity contribution in [3.05, 3.63) is 59.2 Å². The Kier molecular flexibility index (Phi) is 8.09. The number of carbonyl (C=O) groups is 5. The maximum Gasteiger partial charge on any atom is 0.339 e. The highest BCUT2D eigenvalue weighted by Crippen LogP contribution is 2.29. The maximum atomic E-state index is 13.2. The molecule has 2 aromatic rings. The number of aryl methyl sites for hydroxylation is 1. The fourth-order valence-corrected chi connectivity index (χ4v) is 4.88. The van der Waals surface area contributed by atoms with Crippen molar-refractivity contribution in [2.75, 3.05) is 44.1 Å². The molecule has 0 aliphatic carbocycles. The van der Waals surface area contributed by atoms with Crippen molar-refractivity contribution in [1.29, 1.82) is 0 Å². The van der Waals surface area contributed by atoms with Gasteiger partial charge in [-0.2, -0.15) is 0 Å². The number of nitrogens with zero attached hydrogens (tertiary/aromatic N) is 2. The highest BCUT2D eigenvalue weighted by atomic mass is 16.5. The number of methoxy groups -OCH3 is 2. The largest absolute Gasteiger partial charge is 0.465 e. The summed E-state index contributed by atoms with van der Waals surface area (Å²) in [6.07, 6.45) is 1.04. The van der Waals surface area contributed by atoms with Gasteiger partial charge in [0.15, 0.2) is 0 Å². The first-order chi connectivity index (χ1) is 18.2. The highest BCUT2D eigenvalue weighted by molar-refractivity contribution is 6.04. The smallest absolute Gasteiger partial charge is 0.339 e. The molecule has 38 heavy (non-hydrogen) atoms. The van der Waals surface area contributed by atoms with Gasteiger partial charge in [0.1, 0.15) is 0 Å². The first-order valence-electron chi connectivity index (χ1n) is 12.5. The van der Waals surface area contributed by atoms with Crippen LogP contribution in [0, 0.1) is 18.8 Å². The molecule has 2 aromatic carbocycles. The Balaban J connectivity index is 1.36. The highest BCUT2D eigenvalue weighted by Gasteiger charge is 2.38. The van der Waals surface area contributed by atoms with Gasteiger partial charge in [0.25, 0.3) is 0 Å². The molecule has 2 saturated heterocycles. The van der Waals surface area contributed by atoms with Crippen molar-refractivity contribution in [1.82, 2.24) is 4.90 Å². The molecule has 10 nitrogen and oxygen atoms in total. The standard InChI is InChI=1S/C28H31N3O7/c1-17-4-7-21(8-5-17)31-16-20(15-24(31)32)26(34)30-12-10-18(11-13-30)25(33)29-23-14-19(27(35)37-2)6-9-22(23)28(36)38-3/h4-9,14,18,20H,10-13,15-16H2,1-3H3,(H,29,33). The number of hydrogen-bond acceptors (Lipinski definition) is 7. The van der Waals surface area contributed by atoms with Crippen molar-refractivity contribution in [3.63, 3.8) is 0 Å². The Morgan fingerprint density at radius 2 is 1.55 bits per heavy atom. The van der Waals surface area contributed by atoms with Crippen molar-refractivity contribution >= 4 is 41.0 Å². The number of rotatable bonds is 6. The molecule has 2 heterocycles. The fraction of sp³-hybridized carbons (Fsp3) is 0.393. The third-order valence-electron chi connectivity index (χ3n) is 7.10. The molecule has 3 amide bonds. The van der Waals surface area contributed by atoms with E-state index < -0.39 is 17.9 Å². The zero-order chi connectivity index (χ0) is 27.4. The predicted molar refractivity (Wildman–Crippen MR) is 139 cm³/mol. The molecule has 1 atom stereocenters. The molecule has 1 unspecified atom stereocenters. The minimum absolute atomic E-state index is 0.0722. The molecule has 200 valence electrons. The summed E-state index contributed by atoms with van der Waals surface area (Å²) in [6, 6.07) is 11.9. The Morgan fingerprint density at radius 3 is 2.18 bits per heavy atom. The van der Waals surface area contributed by atoms with Crippen LogP contribution in [0.3, 0.4) is 0 Å². The Bertz CT molecular complexity index is 1250. The van der Waals surface area contributed by atoms with Crippen LogP contribution in [0.5, 0.6) is 0 Å². The van der Waals surface area contributed by atoms with E-state index in [1.807, 2.05) is 31.2 Å². The minimum Gasteiger partial charge on any atom is -0.465 e. The Morgan fingerprint density at radius 1 is 0.895 bits per heavy atom. The predicted octanol–water partition coefficient (Wildman–Crippen LogP) is 2.80. The summed E-state index contributed by atoms with van der Waals surface area (Å²) in [5.41, 5.74) is 2.34. The first kappa shape index (κ1) is 26.8. The van der Waals surface area contributed by atoms with Crippen LogP contribution < -0.4 is 10.2 Å². The Labute approximate surface area is 220 Å². The lowest BCUT2D eigenvalue weighted by molar-refractivity contribution is -0.138. The molecule has 1 N–H and O–H groups in total.